The van der Waals surface area contributed by atoms with Crippen molar-refractivity contribution in [3.05, 3.63) is 60.2 Å². The molecular formula is C21H26N2O5S. The van der Waals surface area contributed by atoms with Crippen LogP contribution in [0.25, 0.3) is 0 Å². The summed E-state index contributed by atoms with van der Waals surface area (Å²) in [7, 11) is -3.58. The number of para-hydroxylation sites is 1. The third-order valence-electron chi connectivity index (χ3n) is 4.75. The molecule has 3 rings (SSSR count). The predicted octanol–water partition coefficient (Wildman–Crippen LogP) is 2.25. The molecule has 2 aromatic rings. The zero-order chi connectivity index (χ0) is 20.7. The molecule has 0 bridgehead atoms. The van der Waals surface area contributed by atoms with Crippen molar-refractivity contribution >= 4 is 16.0 Å². The molecule has 0 aliphatic carbocycles. The van der Waals surface area contributed by atoms with Gasteiger partial charge in [-0.05, 0) is 43.3 Å². The summed E-state index contributed by atoms with van der Waals surface area (Å²) in [5.41, 5.74) is 0.342. The van der Waals surface area contributed by atoms with Crippen LogP contribution < -0.4 is 4.74 Å². The minimum Gasteiger partial charge on any atom is -0.492 e. The Morgan fingerprint density at radius 3 is 2.24 bits per heavy atom. The SMILES string of the molecule is CCOC(=O)c1ccc(S(=O)(=O)N2CCN(CCOc3ccccc3)CC2)cc1. The van der Waals surface area contributed by atoms with Crippen LogP contribution in [0.1, 0.15) is 17.3 Å². The summed E-state index contributed by atoms with van der Waals surface area (Å²) in [5.74, 6) is 0.378. The second kappa shape index (κ2) is 9.87. The Morgan fingerprint density at radius 1 is 0.966 bits per heavy atom. The van der Waals surface area contributed by atoms with Crippen molar-refractivity contribution in [2.75, 3.05) is 45.9 Å². The Hall–Kier alpha value is -2.42. The minimum atomic E-state index is -3.58. The summed E-state index contributed by atoms with van der Waals surface area (Å²) >= 11 is 0. The van der Waals surface area contributed by atoms with Crippen molar-refractivity contribution in [1.29, 1.82) is 0 Å². The molecule has 0 saturated carbocycles. The molecule has 2 aromatic carbocycles. The number of rotatable bonds is 8. The summed E-state index contributed by atoms with van der Waals surface area (Å²) in [6.07, 6.45) is 0. The smallest absolute Gasteiger partial charge is 0.338 e. The molecule has 0 amide bonds. The molecule has 29 heavy (non-hydrogen) atoms. The molecule has 156 valence electrons. The molecule has 0 spiro atoms. The van der Waals surface area contributed by atoms with E-state index in [0.717, 1.165) is 12.3 Å². The van der Waals surface area contributed by atoms with Crippen LogP contribution in [0.4, 0.5) is 0 Å². The van der Waals surface area contributed by atoms with Crippen LogP contribution in [-0.2, 0) is 14.8 Å². The van der Waals surface area contributed by atoms with E-state index in [2.05, 4.69) is 4.90 Å². The summed E-state index contributed by atoms with van der Waals surface area (Å²) in [6, 6.07) is 15.5. The quantitative estimate of drug-likeness (QED) is 0.612. The van der Waals surface area contributed by atoms with E-state index in [1.54, 1.807) is 6.92 Å². The number of carbonyl (C=O) groups excluding carboxylic acids is 1. The van der Waals surface area contributed by atoms with Gasteiger partial charge in [-0.2, -0.15) is 4.31 Å². The van der Waals surface area contributed by atoms with Gasteiger partial charge in [0.15, 0.2) is 0 Å². The molecule has 1 heterocycles. The number of sulfonamides is 1. The fourth-order valence-electron chi connectivity index (χ4n) is 3.13. The van der Waals surface area contributed by atoms with Crippen molar-refractivity contribution in [2.45, 2.75) is 11.8 Å². The van der Waals surface area contributed by atoms with Gasteiger partial charge in [-0.1, -0.05) is 18.2 Å². The van der Waals surface area contributed by atoms with Crippen LogP contribution in [-0.4, -0.2) is 69.5 Å². The summed E-state index contributed by atoms with van der Waals surface area (Å²) in [5, 5.41) is 0. The first kappa shape index (κ1) is 21.3. The van der Waals surface area contributed by atoms with E-state index in [1.165, 1.54) is 28.6 Å². The van der Waals surface area contributed by atoms with Gasteiger partial charge in [-0.15, -0.1) is 0 Å². The lowest BCUT2D eigenvalue weighted by Gasteiger charge is -2.33. The van der Waals surface area contributed by atoms with Crippen molar-refractivity contribution in [2.24, 2.45) is 0 Å². The Morgan fingerprint density at radius 2 is 1.62 bits per heavy atom. The molecule has 0 radical (unpaired) electrons. The largest absolute Gasteiger partial charge is 0.492 e. The summed E-state index contributed by atoms with van der Waals surface area (Å²) in [6.45, 7) is 5.46. The van der Waals surface area contributed by atoms with Gasteiger partial charge in [0.1, 0.15) is 12.4 Å². The monoisotopic (exact) mass is 418 g/mol. The van der Waals surface area contributed by atoms with Crippen molar-refractivity contribution in [3.8, 4) is 5.75 Å². The summed E-state index contributed by atoms with van der Waals surface area (Å²) in [4.78, 5) is 14.1. The highest BCUT2D eigenvalue weighted by Gasteiger charge is 2.28. The Bertz CT molecular complexity index is 892. The van der Waals surface area contributed by atoms with Crippen LogP contribution in [0.3, 0.4) is 0 Å². The fourth-order valence-corrected chi connectivity index (χ4v) is 4.55. The van der Waals surface area contributed by atoms with E-state index >= 15 is 0 Å². The molecule has 1 saturated heterocycles. The van der Waals surface area contributed by atoms with Gasteiger partial charge < -0.3 is 9.47 Å². The Kier molecular flexibility index (Phi) is 7.24. The number of hydrogen-bond donors (Lipinski definition) is 0. The average molecular weight is 419 g/mol. The van der Waals surface area contributed by atoms with Gasteiger partial charge in [0.25, 0.3) is 0 Å². The van der Waals surface area contributed by atoms with Gasteiger partial charge in [0.2, 0.25) is 10.0 Å². The van der Waals surface area contributed by atoms with Crippen molar-refractivity contribution < 1.29 is 22.7 Å². The standard InChI is InChI=1S/C21H26N2O5S/c1-2-27-21(24)18-8-10-20(11-9-18)29(25,26)23-14-12-22(13-15-23)16-17-28-19-6-4-3-5-7-19/h3-11H,2,12-17H2,1H3. The van der Waals surface area contributed by atoms with Crippen LogP contribution in [0, 0.1) is 0 Å². The van der Waals surface area contributed by atoms with Gasteiger partial charge in [-0.3, -0.25) is 4.90 Å². The van der Waals surface area contributed by atoms with Crippen LogP contribution in [0.2, 0.25) is 0 Å². The third kappa shape index (κ3) is 5.56. The molecule has 1 aliphatic heterocycles. The molecule has 0 aromatic heterocycles. The minimum absolute atomic E-state index is 0.186. The molecule has 8 heteroatoms. The number of esters is 1. The topological polar surface area (TPSA) is 76.2 Å². The zero-order valence-electron chi connectivity index (χ0n) is 16.5. The highest BCUT2D eigenvalue weighted by molar-refractivity contribution is 7.89. The molecule has 1 aliphatic rings. The van der Waals surface area contributed by atoms with Crippen LogP contribution >= 0.6 is 0 Å². The van der Waals surface area contributed by atoms with Crippen molar-refractivity contribution in [3.63, 3.8) is 0 Å². The number of piperazine rings is 1. The maximum Gasteiger partial charge on any atom is 0.338 e. The summed E-state index contributed by atoms with van der Waals surface area (Å²) < 4.78 is 37.9. The first-order chi connectivity index (χ1) is 14.0. The van der Waals surface area contributed by atoms with E-state index in [1.807, 2.05) is 30.3 Å². The van der Waals surface area contributed by atoms with Crippen molar-refractivity contribution in [1.82, 2.24) is 9.21 Å². The Balaban J connectivity index is 1.50. The van der Waals surface area contributed by atoms with E-state index in [0.29, 0.717) is 38.3 Å². The zero-order valence-corrected chi connectivity index (χ0v) is 17.3. The highest BCUT2D eigenvalue weighted by Crippen LogP contribution is 2.19. The number of ether oxygens (including phenoxy) is 2. The first-order valence-corrected chi connectivity index (χ1v) is 11.1. The van der Waals surface area contributed by atoms with E-state index < -0.39 is 16.0 Å². The molecule has 0 atom stereocenters. The van der Waals surface area contributed by atoms with Crippen LogP contribution in [0.15, 0.2) is 59.5 Å². The van der Waals surface area contributed by atoms with Gasteiger partial charge >= 0.3 is 5.97 Å². The second-order valence-corrected chi connectivity index (χ2v) is 8.59. The Labute approximate surface area is 171 Å². The number of nitrogens with zero attached hydrogens (tertiary/aromatic N) is 2. The van der Waals surface area contributed by atoms with E-state index in [-0.39, 0.29) is 11.5 Å². The lowest BCUT2D eigenvalue weighted by atomic mass is 10.2. The second-order valence-electron chi connectivity index (χ2n) is 6.65. The highest BCUT2D eigenvalue weighted by atomic mass is 32.2. The fraction of sp³-hybridized carbons (Fsp3) is 0.381. The van der Waals surface area contributed by atoms with Gasteiger partial charge in [0.05, 0.1) is 17.1 Å². The maximum atomic E-state index is 12.9. The third-order valence-corrected chi connectivity index (χ3v) is 6.67. The van der Waals surface area contributed by atoms with Crippen LogP contribution in [0.5, 0.6) is 5.75 Å². The number of benzene rings is 2. The molecule has 0 unspecified atom stereocenters. The van der Waals surface area contributed by atoms with E-state index in [4.69, 9.17) is 9.47 Å². The average Bonchev–Trinajstić information content (AvgIpc) is 2.75. The maximum absolute atomic E-state index is 12.9. The van der Waals surface area contributed by atoms with Gasteiger partial charge in [-0.25, -0.2) is 13.2 Å². The first-order valence-electron chi connectivity index (χ1n) is 9.68. The lowest BCUT2D eigenvalue weighted by molar-refractivity contribution is 0.0526. The number of carbonyl (C=O) groups is 1. The molecular weight excluding hydrogens is 392 g/mol. The molecule has 7 nitrogen and oxygen atoms in total. The molecule has 0 N–H and O–H groups in total. The normalized spacial score (nSPS) is 15.8. The number of hydrogen-bond acceptors (Lipinski definition) is 6. The van der Waals surface area contributed by atoms with E-state index in [9.17, 15) is 13.2 Å². The van der Waals surface area contributed by atoms with Gasteiger partial charge in [0, 0.05) is 32.7 Å². The lowest BCUT2D eigenvalue weighted by Crippen LogP contribution is -2.49. The molecule has 1 fully saturated rings. The predicted molar refractivity (Wildman–Crippen MR) is 110 cm³/mol.